The van der Waals surface area contributed by atoms with Gasteiger partial charge in [-0.15, -0.1) is 0 Å². The molecule has 0 aromatic heterocycles. The highest BCUT2D eigenvalue weighted by molar-refractivity contribution is 6.10. The van der Waals surface area contributed by atoms with Gasteiger partial charge >= 0.3 is 17.9 Å². The molecule has 0 aliphatic carbocycles. The molecule has 2 amide bonds. The number of hydrogen-bond acceptors (Lipinski definition) is 7. The van der Waals surface area contributed by atoms with E-state index in [4.69, 9.17) is 9.47 Å². The summed E-state index contributed by atoms with van der Waals surface area (Å²) >= 11 is 0. The summed E-state index contributed by atoms with van der Waals surface area (Å²) in [4.78, 5) is 59.0. The first kappa shape index (κ1) is 24.6. The molecule has 3 aromatic rings. The zero-order chi connectivity index (χ0) is 25.5. The molecule has 0 radical (unpaired) electrons. The largest absolute Gasteiger partial charge is 0.478 e. The zero-order valence-corrected chi connectivity index (χ0v) is 18.7. The smallest absolute Gasteiger partial charge is 0.335 e. The number of esters is 2. The lowest BCUT2D eigenvalue weighted by atomic mass is 10.1. The summed E-state index contributed by atoms with van der Waals surface area (Å²) in [6.07, 6.45) is 0. The van der Waals surface area contributed by atoms with Gasteiger partial charge in [-0.2, -0.15) is 0 Å². The minimum Gasteiger partial charge on any atom is -0.478 e. The monoisotopic (exact) mass is 476 g/mol. The first-order chi connectivity index (χ1) is 16.6. The number of carboxylic acids is 1. The Balaban J connectivity index is 1.82. The number of carbonyl (C=O) groups excluding carboxylic acids is 4. The molecule has 35 heavy (non-hydrogen) atoms. The summed E-state index contributed by atoms with van der Waals surface area (Å²) in [5, 5.41) is 14.5. The molecule has 178 valence electrons. The van der Waals surface area contributed by atoms with Crippen molar-refractivity contribution in [1.82, 2.24) is 0 Å². The van der Waals surface area contributed by atoms with Crippen LogP contribution >= 0.6 is 0 Å². The Morgan fingerprint density at radius 2 is 1.00 bits per heavy atom. The molecule has 0 fully saturated rings. The highest BCUT2D eigenvalue weighted by atomic mass is 16.5. The molecule has 3 N–H and O–H groups in total. The van der Waals surface area contributed by atoms with Crippen LogP contribution in [-0.2, 0) is 9.59 Å². The van der Waals surface area contributed by atoms with Crippen molar-refractivity contribution in [1.29, 1.82) is 0 Å². The molecular weight excluding hydrogens is 456 g/mol. The molecule has 0 saturated heterocycles. The first-order valence-electron chi connectivity index (χ1n) is 10.2. The van der Waals surface area contributed by atoms with Crippen molar-refractivity contribution in [3.63, 3.8) is 0 Å². The third-order valence-electron chi connectivity index (χ3n) is 4.52. The van der Waals surface area contributed by atoms with Crippen molar-refractivity contribution in [2.75, 3.05) is 10.6 Å². The van der Waals surface area contributed by atoms with Gasteiger partial charge in [-0.25, -0.2) is 4.79 Å². The second-order valence-corrected chi connectivity index (χ2v) is 7.21. The van der Waals surface area contributed by atoms with Crippen LogP contribution in [0.5, 0.6) is 11.5 Å². The summed E-state index contributed by atoms with van der Waals surface area (Å²) in [5.74, 6) is -2.81. The van der Waals surface area contributed by atoms with E-state index in [1.54, 1.807) is 0 Å². The zero-order valence-electron chi connectivity index (χ0n) is 18.7. The van der Waals surface area contributed by atoms with Gasteiger partial charge in [0.15, 0.2) is 0 Å². The molecule has 10 nitrogen and oxygen atoms in total. The fraction of sp³-hybridized carbons (Fsp3) is 0.0800. The predicted octanol–water partition coefficient (Wildman–Crippen LogP) is 3.74. The van der Waals surface area contributed by atoms with Gasteiger partial charge in [-0.1, -0.05) is 0 Å². The molecule has 0 aliphatic heterocycles. The van der Waals surface area contributed by atoms with Crippen LogP contribution in [-0.4, -0.2) is 34.8 Å². The van der Waals surface area contributed by atoms with Gasteiger partial charge in [0.25, 0.3) is 11.8 Å². The van der Waals surface area contributed by atoms with Crippen LogP contribution in [0.2, 0.25) is 0 Å². The number of benzene rings is 3. The van der Waals surface area contributed by atoms with Gasteiger partial charge < -0.3 is 25.2 Å². The standard InChI is InChI=1S/C25H20N2O8/c1-14(28)34-19-8-3-16(4-9-19)23(30)26-21-12-7-18(25(32)33)13-22(21)27-24(31)17-5-10-20(11-6-17)35-15(2)29/h3-13H,1-2H3,(H,26,30)(H,27,31)(H,32,33). The third-order valence-corrected chi connectivity index (χ3v) is 4.52. The Bertz CT molecular complexity index is 1300. The van der Waals surface area contributed by atoms with Gasteiger partial charge in [-0.05, 0) is 66.7 Å². The average Bonchev–Trinajstić information content (AvgIpc) is 2.80. The lowest BCUT2D eigenvalue weighted by Crippen LogP contribution is -2.17. The maximum Gasteiger partial charge on any atom is 0.335 e. The molecule has 0 atom stereocenters. The number of carboxylic acid groups (broad SMARTS) is 1. The van der Waals surface area contributed by atoms with E-state index < -0.39 is 29.7 Å². The number of anilines is 2. The van der Waals surface area contributed by atoms with Gasteiger partial charge in [-0.3, -0.25) is 19.2 Å². The highest BCUT2D eigenvalue weighted by Crippen LogP contribution is 2.26. The lowest BCUT2D eigenvalue weighted by Gasteiger charge is -2.14. The summed E-state index contributed by atoms with van der Waals surface area (Å²) in [6.45, 7) is 2.51. The Kier molecular flexibility index (Phi) is 7.57. The molecule has 0 heterocycles. The molecule has 0 aliphatic rings. The summed E-state index contributed by atoms with van der Waals surface area (Å²) in [5.41, 5.74) is 0.563. The van der Waals surface area contributed by atoms with E-state index in [1.165, 1.54) is 80.6 Å². The predicted molar refractivity (Wildman–Crippen MR) is 125 cm³/mol. The van der Waals surface area contributed by atoms with Crippen molar-refractivity contribution >= 4 is 41.1 Å². The fourth-order valence-corrected chi connectivity index (χ4v) is 2.96. The molecule has 3 rings (SSSR count). The van der Waals surface area contributed by atoms with E-state index in [0.29, 0.717) is 0 Å². The fourth-order valence-electron chi connectivity index (χ4n) is 2.96. The summed E-state index contributed by atoms with van der Waals surface area (Å²) in [6, 6.07) is 15.4. The van der Waals surface area contributed by atoms with Crippen LogP contribution in [0, 0.1) is 0 Å². The Labute approximate surface area is 199 Å². The molecule has 3 aromatic carbocycles. The number of rotatable bonds is 7. The molecule has 10 heteroatoms. The SMILES string of the molecule is CC(=O)Oc1ccc(C(=O)Nc2ccc(C(=O)O)cc2NC(=O)c2ccc(OC(C)=O)cc2)cc1. The summed E-state index contributed by atoms with van der Waals surface area (Å²) < 4.78 is 9.87. The maximum absolute atomic E-state index is 12.7. The normalized spacial score (nSPS) is 10.1. The lowest BCUT2D eigenvalue weighted by molar-refractivity contribution is -0.132. The van der Waals surface area contributed by atoms with Crippen molar-refractivity contribution in [3.05, 3.63) is 83.4 Å². The van der Waals surface area contributed by atoms with Crippen molar-refractivity contribution in [2.24, 2.45) is 0 Å². The maximum atomic E-state index is 12.7. The van der Waals surface area contributed by atoms with E-state index in [-0.39, 0.29) is 39.6 Å². The topological polar surface area (TPSA) is 148 Å². The minimum atomic E-state index is -1.22. The quantitative estimate of drug-likeness (QED) is 0.345. The molecule has 0 saturated carbocycles. The second kappa shape index (κ2) is 10.8. The minimum absolute atomic E-state index is 0.0591. The van der Waals surface area contributed by atoms with E-state index in [2.05, 4.69) is 10.6 Å². The number of nitrogens with one attached hydrogen (secondary N) is 2. The average molecular weight is 476 g/mol. The molecule has 0 unspecified atom stereocenters. The van der Waals surface area contributed by atoms with Gasteiger partial charge in [0, 0.05) is 25.0 Å². The van der Waals surface area contributed by atoms with Crippen LogP contribution in [0.15, 0.2) is 66.7 Å². The summed E-state index contributed by atoms with van der Waals surface area (Å²) in [7, 11) is 0. The number of ether oxygens (including phenoxy) is 2. The number of amides is 2. The van der Waals surface area contributed by atoms with Gasteiger partial charge in [0.2, 0.25) is 0 Å². The number of aromatic carboxylic acids is 1. The van der Waals surface area contributed by atoms with E-state index in [1.807, 2.05) is 0 Å². The third kappa shape index (κ3) is 6.75. The van der Waals surface area contributed by atoms with Crippen LogP contribution < -0.4 is 20.1 Å². The molecule has 0 spiro atoms. The van der Waals surface area contributed by atoms with Crippen molar-refractivity contribution < 1.29 is 38.6 Å². The van der Waals surface area contributed by atoms with Crippen molar-refractivity contribution in [2.45, 2.75) is 13.8 Å². The van der Waals surface area contributed by atoms with Gasteiger partial charge in [0.05, 0.1) is 16.9 Å². The van der Waals surface area contributed by atoms with Crippen molar-refractivity contribution in [3.8, 4) is 11.5 Å². The Hall–Kier alpha value is -4.99. The first-order valence-corrected chi connectivity index (χ1v) is 10.2. The van der Waals surface area contributed by atoms with Crippen LogP contribution in [0.25, 0.3) is 0 Å². The van der Waals surface area contributed by atoms with Crippen LogP contribution in [0.3, 0.4) is 0 Å². The Morgan fingerprint density at radius 3 is 1.40 bits per heavy atom. The van der Waals surface area contributed by atoms with E-state index >= 15 is 0 Å². The molecular formula is C25H20N2O8. The second-order valence-electron chi connectivity index (χ2n) is 7.21. The van der Waals surface area contributed by atoms with E-state index in [0.717, 1.165) is 0 Å². The molecule has 0 bridgehead atoms. The van der Waals surface area contributed by atoms with Crippen LogP contribution in [0.1, 0.15) is 44.9 Å². The number of hydrogen-bond donors (Lipinski definition) is 3. The number of carbonyl (C=O) groups is 5. The Morgan fingerprint density at radius 1 is 0.600 bits per heavy atom. The van der Waals surface area contributed by atoms with E-state index in [9.17, 15) is 29.1 Å². The van der Waals surface area contributed by atoms with Gasteiger partial charge in [0.1, 0.15) is 11.5 Å². The highest BCUT2D eigenvalue weighted by Gasteiger charge is 2.16. The van der Waals surface area contributed by atoms with Crippen LogP contribution in [0.4, 0.5) is 11.4 Å².